The summed E-state index contributed by atoms with van der Waals surface area (Å²) in [4.78, 5) is 14.5. The van der Waals surface area contributed by atoms with Gasteiger partial charge >= 0.3 is 5.97 Å². The number of carbonyl (C=O) groups is 1. The molecule has 1 aromatic heterocycles. The smallest absolute Gasteiger partial charge is 0.315 e. The van der Waals surface area contributed by atoms with Gasteiger partial charge in [-0.25, -0.2) is 0 Å². The molecule has 2 aromatic rings. The molecule has 0 unspecified atom stereocenters. The first-order valence-corrected chi connectivity index (χ1v) is 5.61. The van der Waals surface area contributed by atoms with Crippen molar-refractivity contribution in [1.82, 2.24) is 4.98 Å². The second kappa shape index (κ2) is 3.34. The standard InChI is InChI=1S/C13H13NO3/c15-9-6-13(7-9,12(16)17)11-5-8-3-1-2-4-10(8)14-11/h1-5,9,14-15H,6-7H2,(H,16,17). The van der Waals surface area contributed by atoms with Crippen molar-refractivity contribution in [3.05, 3.63) is 36.0 Å². The first-order chi connectivity index (χ1) is 8.12. The minimum atomic E-state index is -0.932. The summed E-state index contributed by atoms with van der Waals surface area (Å²) in [7, 11) is 0. The zero-order valence-corrected chi connectivity index (χ0v) is 9.18. The Balaban J connectivity index is 2.10. The van der Waals surface area contributed by atoms with Crippen LogP contribution in [0.2, 0.25) is 0 Å². The van der Waals surface area contributed by atoms with E-state index in [4.69, 9.17) is 0 Å². The zero-order chi connectivity index (χ0) is 12.0. The van der Waals surface area contributed by atoms with E-state index in [0.717, 1.165) is 10.9 Å². The third-order valence-corrected chi connectivity index (χ3v) is 3.62. The molecule has 1 heterocycles. The molecule has 3 rings (SSSR count). The van der Waals surface area contributed by atoms with Crippen LogP contribution in [0.1, 0.15) is 18.5 Å². The number of nitrogens with one attached hydrogen (secondary N) is 1. The van der Waals surface area contributed by atoms with Crippen molar-refractivity contribution in [3.63, 3.8) is 0 Å². The molecule has 0 aliphatic heterocycles. The number of benzene rings is 1. The Morgan fingerprint density at radius 3 is 2.65 bits per heavy atom. The molecule has 1 saturated carbocycles. The molecule has 1 aromatic carbocycles. The van der Waals surface area contributed by atoms with Gasteiger partial charge in [0.15, 0.2) is 0 Å². The number of aromatic nitrogens is 1. The first kappa shape index (κ1) is 10.4. The molecule has 0 atom stereocenters. The SMILES string of the molecule is O=C(O)C1(c2cc3ccccc3[nH]2)CC(O)C1. The summed E-state index contributed by atoms with van der Waals surface area (Å²) in [6.45, 7) is 0. The molecule has 4 nitrogen and oxygen atoms in total. The maximum absolute atomic E-state index is 11.4. The van der Waals surface area contributed by atoms with E-state index in [0.29, 0.717) is 5.69 Å². The van der Waals surface area contributed by atoms with Crippen molar-refractivity contribution in [2.75, 3.05) is 0 Å². The van der Waals surface area contributed by atoms with Gasteiger partial charge in [0.1, 0.15) is 5.41 Å². The number of carboxylic acids is 1. The van der Waals surface area contributed by atoms with Gasteiger partial charge in [0.25, 0.3) is 0 Å². The summed E-state index contributed by atoms with van der Waals surface area (Å²) in [5.41, 5.74) is 0.694. The van der Waals surface area contributed by atoms with E-state index in [9.17, 15) is 15.0 Å². The van der Waals surface area contributed by atoms with Crippen molar-refractivity contribution in [3.8, 4) is 0 Å². The highest BCUT2D eigenvalue weighted by molar-refractivity contribution is 5.87. The largest absolute Gasteiger partial charge is 0.481 e. The highest BCUT2D eigenvalue weighted by atomic mass is 16.4. The molecule has 1 aliphatic rings. The zero-order valence-electron chi connectivity index (χ0n) is 9.18. The lowest BCUT2D eigenvalue weighted by Gasteiger charge is -2.41. The fourth-order valence-corrected chi connectivity index (χ4v) is 2.59. The fraction of sp³-hybridized carbons (Fsp3) is 0.308. The van der Waals surface area contributed by atoms with E-state index in [1.165, 1.54) is 0 Å². The van der Waals surface area contributed by atoms with Gasteiger partial charge in [-0.2, -0.15) is 0 Å². The number of hydrogen-bond acceptors (Lipinski definition) is 2. The summed E-state index contributed by atoms with van der Waals surface area (Å²) in [6.07, 6.45) is 0.0714. The summed E-state index contributed by atoms with van der Waals surface area (Å²) in [5, 5.41) is 19.7. The van der Waals surface area contributed by atoms with E-state index >= 15 is 0 Å². The number of carboxylic acid groups (broad SMARTS) is 1. The maximum atomic E-state index is 11.4. The third kappa shape index (κ3) is 1.37. The van der Waals surface area contributed by atoms with Crippen molar-refractivity contribution in [2.24, 2.45) is 0 Å². The monoisotopic (exact) mass is 231 g/mol. The molecular formula is C13H13NO3. The topological polar surface area (TPSA) is 73.3 Å². The van der Waals surface area contributed by atoms with E-state index in [1.807, 2.05) is 30.3 Å². The third-order valence-electron chi connectivity index (χ3n) is 3.62. The Kier molecular flexibility index (Phi) is 2.03. The number of H-pyrrole nitrogens is 1. The van der Waals surface area contributed by atoms with Crippen LogP contribution < -0.4 is 0 Å². The fourth-order valence-electron chi connectivity index (χ4n) is 2.59. The van der Waals surface area contributed by atoms with E-state index in [1.54, 1.807) is 0 Å². The normalized spacial score (nSPS) is 27.9. The van der Waals surface area contributed by atoms with Crippen LogP contribution in [0.25, 0.3) is 10.9 Å². The molecule has 1 aliphatic carbocycles. The van der Waals surface area contributed by atoms with Crippen LogP contribution >= 0.6 is 0 Å². The van der Waals surface area contributed by atoms with E-state index in [-0.39, 0.29) is 12.8 Å². The van der Waals surface area contributed by atoms with Gasteiger partial charge in [0.05, 0.1) is 6.10 Å². The molecule has 0 radical (unpaired) electrons. The van der Waals surface area contributed by atoms with Crippen molar-refractivity contribution in [1.29, 1.82) is 0 Å². The number of hydrogen-bond donors (Lipinski definition) is 3. The van der Waals surface area contributed by atoms with Crippen LogP contribution in [-0.2, 0) is 10.2 Å². The van der Waals surface area contributed by atoms with Gasteiger partial charge in [0, 0.05) is 11.2 Å². The van der Waals surface area contributed by atoms with Crippen molar-refractivity contribution >= 4 is 16.9 Å². The first-order valence-electron chi connectivity index (χ1n) is 5.61. The van der Waals surface area contributed by atoms with Crippen LogP contribution in [0.5, 0.6) is 0 Å². The maximum Gasteiger partial charge on any atom is 0.315 e. The number of aliphatic carboxylic acids is 1. The van der Waals surface area contributed by atoms with Crippen LogP contribution in [0.4, 0.5) is 0 Å². The van der Waals surface area contributed by atoms with Gasteiger partial charge in [0.2, 0.25) is 0 Å². The van der Waals surface area contributed by atoms with Crippen molar-refractivity contribution in [2.45, 2.75) is 24.4 Å². The Hall–Kier alpha value is -1.81. The van der Waals surface area contributed by atoms with Gasteiger partial charge in [-0.1, -0.05) is 18.2 Å². The molecule has 0 spiro atoms. The molecule has 88 valence electrons. The predicted octanol–water partition coefficient (Wildman–Crippen LogP) is 1.64. The molecular weight excluding hydrogens is 218 g/mol. The summed E-state index contributed by atoms with van der Waals surface area (Å²) < 4.78 is 0. The summed E-state index contributed by atoms with van der Waals surface area (Å²) >= 11 is 0. The Bertz CT molecular complexity index is 548. The number of rotatable bonds is 2. The van der Waals surface area contributed by atoms with Gasteiger partial charge < -0.3 is 15.2 Å². The van der Waals surface area contributed by atoms with Crippen LogP contribution in [0.15, 0.2) is 30.3 Å². The Labute approximate surface area is 97.9 Å². The second-order valence-corrected chi connectivity index (χ2v) is 4.72. The summed E-state index contributed by atoms with van der Waals surface area (Å²) in [5.74, 6) is -0.866. The Morgan fingerprint density at radius 1 is 1.35 bits per heavy atom. The quantitative estimate of drug-likeness (QED) is 0.735. The lowest BCUT2D eigenvalue weighted by atomic mass is 9.65. The number of para-hydroxylation sites is 1. The van der Waals surface area contributed by atoms with Crippen molar-refractivity contribution < 1.29 is 15.0 Å². The second-order valence-electron chi connectivity index (χ2n) is 4.72. The minimum Gasteiger partial charge on any atom is -0.481 e. The number of aliphatic hydroxyl groups is 1. The van der Waals surface area contributed by atoms with Gasteiger partial charge in [-0.15, -0.1) is 0 Å². The lowest BCUT2D eigenvalue weighted by Crippen LogP contribution is -2.50. The van der Waals surface area contributed by atoms with Gasteiger partial charge in [-0.3, -0.25) is 4.79 Å². The average Bonchev–Trinajstić information content (AvgIpc) is 2.67. The molecule has 0 bridgehead atoms. The molecule has 1 fully saturated rings. The minimum absolute atomic E-state index is 0.287. The molecule has 3 N–H and O–H groups in total. The molecule has 0 amide bonds. The highest BCUT2D eigenvalue weighted by Gasteiger charge is 2.52. The predicted molar refractivity (Wildman–Crippen MR) is 62.9 cm³/mol. The highest BCUT2D eigenvalue weighted by Crippen LogP contribution is 2.44. The number of aromatic amines is 1. The summed E-state index contributed by atoms with van der Waals surface area (Å²) in [6, 6.07) is 9.56. The van der Waals surface area contributed by atoms with Crippen LogP contribution in [-0.4, -0.2) is 27.3 Å². The van der Waals surface area contributed by atoms with E-state index < -0.39 is 17.5 Å². The lowest BCUT2D eigenvalue weighted by molar-refractivity contribution is -0.153. The van der Waals surface area contributed by atoms with Gasteiger partial charge in [-0.05, 0) is 30.4 Å². The molecule has 17 heavy (non-hydrogen) atoms. The number of fused-ring (bicyclic) bond motifs is 1. The molecule has 4 heteroatoms. The average molecular weight is 231 g/mol. The molecule has 0 saturated heterocycles. The van der Waals surface area contributed by atoms with Crippen LogP contribution in [0.3, 0.4) is 0 Å². The van der Waals surface area contributed by atoms with E-state index in [2.05, 4.69) is 4.98 Å². The van der Waals surface area contributed by atoms with Crippen LogP contribution in [0, 0.1) is 0 Å². The Morgan fingerprint density at radius 2 is 2.06 bits per heavy atom. The number of aliphatic hydroxyl groups excluding tert-OH is 1.